The summed E-state index contributed by atoms with van der Waals surface area (Å²) in [4.78, 5) is 0. The average molecular weight is 166 g/mol. The molecule has 12 heavy (non-hydrogen) atoms. The molecule has 0 aliphatic rings. The lowest BCUT2D eigenvalue weighted by atomic mass is 10.0. The van der Waals surface area contributed by atoms with Crippen LogP contribution in [0.15, 0.2) is 35.6 Å². The van der Waals surface area contributed by atoms with Crippen molar-refractivity contribution in [1.82, 2.24) is 0 Å². The second-order valence-corrected chi connectivity index (χ2v) is 2.74. The molecular weight excluding hydrogens is 148 g/mol. The van der Waals surface area contributed by atoms with Crippen molar-refractivity contribution in [2.24, 2.45) is 0 Å². The van der Waals surface area contributed by atoms with Gasteiger partial charge in [-0.1, -0.05) is 19.6 Å². The van der Waals surface area contributed by atoms with Gasteiger partial charge < -0.3 is 4.74 Å². The van der Waals surface area contributed by atoms with Crippen molar-refractivity contribution in [1.29, 1.82) is 0 Å². The Bertz CT molecular complexity index is 209. The van der Waals surface area contributed by atoms with E-state index in [1.54, 1.807) is 13.4 Å². The standard InChI is InChI=1S/C11H18O/c1-6-11(7-2)10(4)9(3)8-12-5/h6,8H,1,7H2,2-5H3/b9-8+,11-10+. The van der Waals surface area contributed by atoms with Crippen LogP contribution in [-0.2, 0) is 4.74 Å². The van der Waals surface area contributed by atoms with Gasteiger partial charge in [0.2, 0.25) is 0 Å². The summed E-state index contributed by atoms with van der Waals surface area (Å²) >= 11 is 0. The minimum Gasteiger partial charge on any atom is -0.504 e. The monoisotopic (exact) mass is 166 g/mol. The minimum absolute atomic E-state index is 1.02. The lowest BCUT2D eigenvalue weighted by molar-refractivity contribution is 0.334. The van der Waals surface area contributed by atoms with Crippen LogP contribution in [0.4, 0.5) is 0 Å². The van der Waals surface area contributed by atoms with E-state index in [1.807, 2.05) is 13.0 Å². The molecule has 0 N–H and O–H groups in total. The summed E-state index contributed by atoms with van der Waals surface area (Å²) in [7, 11) is 1.66. The number of hydrogen-bond donors (Lipinski definition) is 0. The van der Waals surface area contributed by atoms with E-state index in [0.717, 1.165) is 12.0 Å². The third-order valence-corrected chi connectivity index (χ3v) is 2.00. The van der Waals surface area contributed by atoms with Crippen molar-refractivity contribution in [2.45, 2.75) is 27.2 Å². The van der Waals surface area contributed by atoms with Gasteiger partial charge >= 0.3 is 0 Å². The molecule has 0 radical (unpaired) electrons. The summed E-state index contributed by atoms with van der Waals surface area (Å²) < 4.78 is 4.93. The predicted octanol–water partition coefficient (Wildman–Crippen LogP) is 3.45. The summed E-state index contributed by atoms with van der Waals surface area (Å²) in [5, 5.41) is 0. The maximum absolute atomic E-state index is 4.93. The van der Waals surface area contributed by atoms with E-state index in [-0.39, 0.29) is 0 Å². The molecule has 0 unspecified atom stereocenters. The quantitative estimate of drug-likeness (QED) is 0.459. The van der Waals surface area contributed by atoms with Gasteiger partial charge in [-0.25, -0.2) is 0 Å². The Balaban J connectivity index is 4.73. The predicted molar refractivity (Wildman–Crippen MR) is 54.0 cm³/mol. The van der Waals surface area contributed by atoms with E-state index in [2.05, 4.69) is 20.4 Å². The highest BCUT2D eigenvalue weighted by molar-refractivity contribution is 5.35. The van der Waals surface area contributed by atoms with Gasteiger partial charge in [-0.05, 0) is 37.0 Å². The molecule has 0 amide bonds. The van der Waals surface area contributed by atoms with E-state index < -0.39 is 0 Å². The molecule has 0 aliphatic heterocycles. The summed E-state index contributed by atoms with van der Waals surface area (Å²) in [5.74, 6) is 0. The maximum Gasteiger partial charge on any atom is 0.0856 e. The summed E-state index contributed by atoms with van der Waals surface area (Å²) in [5.41, 5.74) is 3.70. The largest absolute Gasteiger partial charge is 0.504 e. The van der Waals surface area contributed by atoms with E-state index in [1.165, 1.54) is 11.1 Å². The Labute approximate surface area is 75.4 Å². The van der Waals surface area contributed by atoms with Crippen molar-refractivity contribution in [3.8, 4) is 0 Å². The van der Waals surface area contributed by atoms with Crippen molar-refractivity contribution < 1.29 is 4.74 Å². The van der Waals surface area contributed by atoms with Gasteiger partial charge in [0, 0.05) is 0 Å². The van der Waals surface area contributed by atoms with Gasteiger partial charge in [-0.2, -0.15) is 0 Å². The van der Waals surface area contributed by atoms with Gasteiger partial charge in [0.15, 0.2) is 0 Å². The third-order valence-electron chi connectivity index (χ3n) is 2.00. The highest BCUT2D eigenvalue weighted by atomic mass is 16.5. The zero-order chi connectivity index (χ0) is 9.56. The van der Waals surface area contributed by atoms with Gasteiger partial charge in [0.1, 0.15) is 0 Å². The first-order valence-electron chi connectivity index (χ1n) is 4.19. The Morgan fingerprint density at radius 1 is 1.42 bits per heavy atom. The number of allylic oxidation sites excluding steroid dienone is 4. The Hall–Kier alpha value is -0.980. The molecule has 0 atom stereocenters. The maximum atomic E-state index is 4.93. The molecule has 0 aliphatic carbocycles. The van der Waals surface area contributed by atoms with Crippen LogP contribution in [0.5, 0.6) is 0 Å². The highest BCUT2D eigenvalue weighted by Crippen LogP contribution is 2.16. The molecule has 0 rings (SSSR count). The Morgan fingerprint density at radius 2 is 2.00 bits per heavy atom. The van der Waals surface area contributed by atoms with Crippen LogP contribution in [0.3, 0.4) is 0 Å². The molecule has 0 aromatic heterocycles. The first-order valence-corrected chi connectivity index (χ1v) is 4.19. The third kappa shape index (κ3) is 2.95. The number of ether oxygens (including phenoxy) is 1. The lowest BCUT2D eigenvalue weighted by Crippen LogP contribution is -1.87. The lowest BCUT2D eigenvalue weighted by Gasteiger charge is -2.06. The van der Waals surface area contributed by atoms with Gasteiger partial charge in [-0.15, -0.1) is 0 Å². The molecule has 68 valence electrons. The van der Waals surface area contributed by atoms with Crippen LogP contribution in [-0.4, -0.2) is 7.11 Å². The second kappa shape index (κ2) is 5.64. The molecule has 0 heterocycles. The number of hydrogen-bond acceptors (Lipinski definition) is 1. The molecular formula is C11H18O. The SMILES string of the molecule is C=C/C(CC)=C(C)\C(C)=C\OC. The highest BCUT2D eigenvalue weighted by Gasteiger charge is 1.98. The first-order chi connectivity index (χ1) is 5.67. The molecule has 0 fully saturated rings. The zero-order valence-electron chi connectivity index (χ0n) is 8.48. The smallest absolute Gasteiger partial charge is 0.0856 e. The van der Waals surface area contributed by atoms with Crippen molar-refractivity contribution in [3.63, 3.8) is 0 Å². The molecule has 1 nitrogen and oxygen atoms in total. The fourth-order valence-corrected chi connectivity index (χ4v) is 1.08. The van der Waals surface area contributed by atoms with Crippen molar-refractivity contribution >= 4 is 0 Å². The summed E-state index contributed by atoms with van der Waals surface area (Å²) in [6.45, 7) is 10.0. The fraction of sp³-hybridized carbons (Fsp3) is 0.455. The van der Waals surface area contributed by atoms with Crippen LogP contribution in [0.25, 0.3) is 0 Å². The summed E-state index contributed by atoms with van der Waals surface area (Å²) in [6.07, 6.45) is 4.68. The van der Waals surface area contributed by atoms with Gasteiger partial charge in [0.05, 0.1) is 13.4 Å². The normalized spacial score (nSPS) is 13.8. The molecule has 0 aromatic carbocycles. The Kier molecular flexibility index (Phi) is 5.18. The fourth-order valence-electron chi connectivity index (χ4n) is 1.08. The van der Waals surface area contributed by atoms with Crippen LogP contribution in [0, 0.1) is 0 Å². The van der Waals surface area contributed by atoms with Gasteiger partial charge in [-0.3, -0.25) is 0 Å². The molecule has 1 heteroatoms. The zero-order valence-corrected chi connectivity index (χ0v) is 8.48. The molecule has 0 saturated heterocycles. The average Bonchev–Trinajstić information content (AvgIpc) is 2.07. The number of methoxy groups -OCH3 is 1. The van der Waals surface area contributed by atoms with E-state index >= 15 is 0 Å². The van der Waals surface area contributed by atoms with Crippen molar-refractivity contribution in [3.05, 3.63) is 35.6 Å². The van der Waals surface area contributed by atoms with E-state index in [0.29, 0.717) is 0 Å². The van der Waals surface area contributed by atoms with Gasteiger partial charge in [0.25, 0.3) is 0 Å². The Morgan fingerprint density at radius 3 is 2.33 bits per heavy atom. The van der Waals surface area contributed by atoms with Crippen LogP contribution < -0.4 is 0 Å². The molecule has 0 aromatic rings. The second-order valence-electron chi connectivity index (χ2n) is 2.74. The topological polar surface area (TPSA) is 9.23 Å². The van der Waals surface area contributed by atoms with Crippen LogP contribution in [0.2, 0.25) is 0 Å². The summed E-state index contributed by atoms with van der Waals surface area (Å²) in [6, 6.07) is 0. The van der Waals surface area contributed by atoms with Crippen LogP contribution in [0.1, 0.15) is 27.2 Å². The minimum atomic E-state index is 1.02. The molecule has 0 saturated carbocycles. The first kappa shape index (κ1) is 11.0. The number of rotatable bonds is 4. The molecule has 0 bridgehead atoms. The van der Waals surface area contributed by atoms with Crippen LogP contribution >= 0.6 is 0 Å². The molecule has 0 spiro atoms. The van der Waals surface area contributed by atoms with E-state index in [4.69, 9.17) is 4.74 Å². The van der Waals surface area contributed by atoms with Crippen molar-refractivity contribution in [2.75, 3.05) is 7.11 Å². The van der Waals surface area contributed by atoms with E-state index in [9.17, 15) is 0 Å².